The Hall–Kier alpha value is -0.690. The Morgan fingerprint density at radius 3 is 2.40 bits per heavy atom. The summed E-state index contributed by atoms with van der Waals surface area (Å²) in [6.07, 6.45) is 6.03. The van der Waals surface area contributed by atoms with E-state index in [1.807, 2.05) is 0 Å². The summed E-state index contributed by atoms with van der Waals surface area (Å²) in [7, 11) is 3.36. The largest absolute Gasteiger partial charge is 0.462 e. The predicted molar refractivity (Wildman–Crippen MR) is 112 cm³/mol. The predicted octanol–water partition coefficient (Wildman–Crippen LogP) is 4.44. The van der Waals surface area contributed by atoms with Gasteiger partial charge in [-0.15, -0.1) is 0 Å². The van der Waals surface area contributed by atoms with E-state index in [2.05, 4.69) is 27.7 Å². The van der Waals surface area contributed by atoms with Gasteiger partial charge in [0.1, 0.15) is 11.7 Å². The van der Waals surface area contributed by atoms with Gasteiger partial charge in [0.05, 0.1) is 5.60 Å². The summed E-state index contributed by atoms with van der Waals surface area (Å²) in [6, 6.07) is 0. The zero-order chi connectivity index (χ0) is 21.9. The highest BCUT2D eigenvalue weighted by molar-refractivity contribution is 5.66. The standard InChI is InChI=1S/C24H40O6/c1-15-13-17(28-16(2)25)19-21(3,4)9-8-10-22(19,5)24(15)12-11-23(30-24)14-18(26-6)29-20(23)27-7/h15,17-20H,8-14H2,1-7H3/t15-,17-,18+,19+,20-,22+,23+,24-/m0/s1. The van der Waals surface area contributed by atoms with Crippen LogP contribution >= 0.6 is 0 Å². The van der Waals surface area contributed by atoms with Gasteiger partial charge >= 0.3 is 5.97 Å². The number of ether oxygens (including phenoxy) is 5. The second-order valence-corrected chi connectivity index (χ2v) is 11.2. The highest BCUT2D eigenvalue weighted by Gasteiger charge is 2.72. The zero-order valence-corrected chi connectivity index (χ0v) is 19.8. The van der Waals surface area contributed by atoms with Gasteiger partial charge in [0.15, 0.2) is 12.6 Å². The van der Waals surface area contributed by atoms with Crippen LogP contribution in [0.1, 0.15) is 79.6 Å². The summed E-state index contributed by atoms with van der Waals surface area (Å²) in [5.74, 6) is 0.355. The van der Waals surface area contributed by atoms with Gasteiger partial charge in [-0.3, -0.25) is 4.79 Å². The van der Waals surface area contributed by atoms with Crippen LogP contribution in [-0.2, 0) is 28.5 Å². The lowest BCUT2D eigenvalue weighted by Gasteiger charge is -2.65. The molecule has 2 aliphatic heterocycles. The van der Waals surface area contributed by atoms with Crippen molar-refractivity contribution in [1.29, 1.82) is 0 Å². The van der Waals surface area contributed by atoms with Gasteiger partial charge in [0.2, 0.25) is 0 Å². The van der Waals surface area contributed by atoms with Crippen molar-refractivity contribution in [2.24, 2.45) is 22.7 Å². The molecule has 4 rings (SSSR count). The third-order valence-electron chi connectivity index (χ3n) is 9.08. The minimum atomic E-state index is -0.479. The summed E-state index contributed by atoms with van der Waals surface area (Å²) in [6.45, 7) is 10.9. The van der Waals surface area contributed by atoms with E-state index in [4.69, 9.17) is 23.7 Å². The van der Waals surface area contributed by atoms with Gasteiger partial charge in [-0.05, 0) is 43.4 Å². The van der Waals surface area contributed by atoms with E-state index >= 15 is 0 Å². The van der Waals surface area contributed by atoms with Crippen LogP contribution in [0.4, 0.5) is 0 Å². The molecular formula is C24H40O6. The van der Waals surface area contributed by atoms with Crippen molar-refractivity contribution in [3.63, 3.8) is 0 Å². The van der Waals surface area contributed by atoms with Crippen LogP contribution < -0.4 is 0 Å². The fraction of sp³-hybridized carbons (Fsp3) is 0.958. The monoisotopic (exact) mass is 424 g/mol. The van der Waals surface area contributed by atoms with Crippen LogP contribution in [0.2, 0.25) is 0 Å². The molecule has 0 amide bonds. The number of hydrogen-bond donors (Lipinski definition) is 0. The lowest BCUT2D eigenvalue weighted by Crippen LogP contribution is -2.67. The first kappa shape index (κ1) is 22.5. The van der Waals surface area contributed by atoms with Gasteiger partial charge < -0.3 is 23.7 Å². The number of esters is 1. The molecular weight excluding hydrogens is 384 g/mol. The van der Waals surface area contributed by atoms with Crippen molar-refractivity contribution in [1.82, 2.24) is 0 Å². The summed E-state index contributed by atoms with van der Waals surface area (Å²) < 4.78 is 30.5. The van der Waals surface area contributed by atoms with E-state index in [0.717, 1.165) is 32.1 Å². The number of methoxy groups -OCH3 is 2. The first-order valence-electron chi connectivity index (χ1n) is 11.6. The Bertz CT molecular complexity index is 679. The Balaban J connectivity index is 1.74. The number of hydrogen-bond acceptors (Lipinski definition) is 6. The maximum Gasteiger partial charge on any atom is 0.302 e. The van der Waals surface area contributed by atoms with Gasteiger partial charge in [-0.2, -0.15) is 0 Å². The molecule has 6 nitrogen and oxygen atoms in total. The fourth-order valence-electron chi connectivity index (χ4n) is 8.06. The molecule has 4 fully saturated rings. The van der Waals surface area contributed by atoms with E-state index in [9.17, 15) is 4.79 Å². The molecule has 2 heterocycles. The van der Waals surface area contributed by atoms with Gasteiger partial charge in [-0.25, -0.2) is 0 Å². The van der Waals surface area contributed by atoms with Crippen LogP contribution in [0.15, 0.2) is 0 Å². The first-order chi connectivity index (χ1) is 14.0. The highest BCUT2D eigenvalue weighted by Crippen LogP contribution is 2.69. The third-order valence-corrected chi connectivity index (χ3v) is 9.08. The molecule has 0 N–H and O–H groups in total. The fourth-order valence-corrected chi connectivity index (χ4v) is 8.06. The first-order valence-corrected chi connectivity index (χ1v) is 11.6. The second-order valence-electron chi connectivity index (χ2n) is 11.2. The van der Waals surface area contributed by atoms with Crippen LogP contribution in [0.25, 0.3) is 0 Å². The molecule has 0 unspecified atom stereocenters. The summed E-state index contributed by atoms with van der Waals surface area (Å²) >= 11 is 0. The molecule has 0 aromatic carbocycles. The van der Waals surface area contributed by atoms with Crippen LogP contribution in [0.5, 0.6) is 0 Å². The molecule has 0 radical (unpaired) electrons. The van der Waals surface area contributed by atoms with Gasteiger partial charge in [0, 0.05) is 38.9 Å². The molecule has 6 heteroatoms. The van der Waals surface area contributed by atoms with Crippen molar-refractivity contribution in [3.05, 3.63) is 0 Å². The normalized spacial score (nSPS) is 50.0. The van der Waals surface area contributed by atoms with Crippen molar-refractivity contribution in [3.8, 4) is 0 Å². The topological polar surface area (TPSA) is 63.2 Å². The van der Waals surface area contributed by atoms with Crippen LogP contribution in [0, 0.1) is 22.7 Å². The smallest absolute Gasteiger partial charge is 0.302 e. The summed E-state index contributed by atoms with van der Waals surface area (Å²) in [5, 5.41) is 0. The average Bonchev–Trinajstić information content (AvgIpc) is 3.21. The Labute approximate surface area is 181 Å². The van der Waals surface area contributed by atoms with E-state index < -0.39 is 11.9 Å². The number of carbonyl (C=O) groups excluding carboxylic acids is 1. The van der Waals surface area contributed by atoms with Gasteiger partial charge in [0.25, 0.3) is 0 Å². The summed E-state index contributed by atoms with van der Waals surface area (Å²) in [5.41, 5.74) is -0.761. The summed E-state index contributed by atoms with van der Waals surface area (Å²) in [4.78, 5) is 12.0. The Kier molecular flexibility index (Phi) is 5.57. The second kappa shape index (κ2) is 7.43. The highest BCUT2D eigenvalue weighted by atomic mass is 16.8. The SMILES string of the molecule is CO[C@H]1C[C@]2(CC[C@]3(O2)[C@@H](C)C[C@H](OC(C)=O)[C@@H]2C(C)(C)CCC[C@]23C)[C@@H](OC)O1. The lowest BCUT2D eigenvalue weighted by atomic mass is 9.43. The van der Waals surface area contributed by atoms with Crippen molar-refractivity contribution >= 4 is 5.97 Å². The molecule has 2 spiro atoms. The maximum atomic E-state index is 12.0. The number of fused-ring (bicyclic) bond motifs is 2. The molecule has 2 saturated heterocycles. The van der Waals surface area contributed by atoms with Crippen molar-refractivity contribution < 1.29 is 28.5 Å². The van der Waals surface area contributed by atoms with Crippen molar-refractivity contribution in [2.75, 3.05) is 14.2 Å². The maximum absolute atomic E-state index is 12.0. The minimum Gasteiger partial charge on any atom is -0.462 e. The number of carbonyl (C=O) groups is 1. The quantitative estimate of drug-likeness (QED) is 0.624. The minimum absolute atomic E-state index is 0.0617. The zero-order valence-electron chi connectivity index (χ0n) is 19.8. The molecule has 0 aromatic heterocycles. The molecule has 0 aromatic rings. The molecule has 4 aliphatic rings. The molecule has 8 atom stereocenters. The van der Waals surface area contributed by atoms with Crippen LogP contribution in [0.3, 0.4) is 0 Å². The number of rotatable bonds is 3. The Morgan fingerprint density at radius 2 is 1.77 bits per heavy atom. The van der Waals surface area contributed by atoms with E-state index in [1.165, 1.54) is 13.3 Å². The van der Waals surface area contributed by atoms with E-state index in [0.29, 0.717) is 6.42 Å². The molecule has 172 valence electrons. The average molecular weight is 425 g/mol. The van der Waals surface area contributed by atoms with Crippen molar-refractivity contribution in [2.45, 2.75) is 109 Å². The van der Waals surface area contributed by atoms with E-state index in [1.54, 1.807) is 14.2 Å². The van der Waals surface area contributed by atoms with Gasteiger partial charge in [-0.1, -0.05) is 34.1 Å². The van der Waals surface area contributed by atoms with Crippen LogP contribution in [-0.4, -0.2) is 50.1 Å². The molecule has 2 aliphatic carbocycles. The third kappa shape index (κ3) is 3.08. The molecule has 0 bridgehead atoms. The lowest BCUT2D eigenvalue weighted by molar-refractivity contribution is -0.296. The molecule has 30 heavy (non-hydrogen) atoms. The van der Waals surface area contributed by atoms with E-state index in [-0.39, 0.29) is 46.6 Å². The molecule has 2 saturated carbocycles. The Morgan fingerprint density at radius 1 is 1.03 bits per heavy atom.